The molecule has 3 N–H and O–H groups in total. The van der Waals surface area contributed by atoms with Crippen molar-refractivity contribution in [1.29, 1.82) is 0 Å². The van der Waals surface area contributed by atoms with E-state index < -0.39 is 12.2 Å². The van der Waals surface area contributed by atoms with Gasteiger partial charge in [0.1, 0.15) is 6.17 Å². The van der Waals surface area contributed by atoms with Crippen LogP contribution in [-0.2, 0) is 4.79 Å². The summed E-state index contributed by atoms with van der Waals surface area (Å²) in [6, 6.07) is -0.248. The summed E-state index contributed by atoms with van der Waals surface area (Å²) in [7, 11) is 0. The van der Waals surface area contributed by atoms with E-state index in [9.17, 15) is 9.18 Å². The normalized spacial score (nSPS) is 46.9. The Morgan fingerprint density at radius 1 is 1.31 bits per heavy atom. The third kappa shape index (κ3) is 1.63. The number of alkyl halides is 1. The number of rotatable bonds is 3. The molecule has 0 aromatic heterocycles. The Morgan fingerprint density at radius 3 is 2.62 bits per heavy atom. The number of hydrogen-bond donors (Lipinski definition) is 2. The first-order valence-corrected chi connectivity index (χ1v) is 6.36. The van der Waals surface area contributed by atoms with E-state index in [1.165, 1.54) is 12.8 Å². The van der Waals surface area contributed by atoms with Crippen LogP contribution in [-0.4, -0.2) is 24.2 Å². The second-order valence-electron chi connectivity index (χ2n) is 5.68. The number of fused-ring (bicyclic) bond motifs is 3. The van der Waals surface area contributed by atoms with Gasteiger partial charge in [0.2, 0.25) is 5.91 Å². The highest BCUT2D eigenvalue weighted by Crippen LogP contribution is 2.46. The van der Waals surface area contributed by atoms with Crippen LogP contribution in [0, 0.1) is 17.8 Å². The molecule has 0 spiro atoms. The molecule has 2 heterocycles. The van der Waals surface area contributed by atoms with E-state index in [4.69, 9.17) is 5.73 Å². The van der Waals surface area contributed by atoms with Gasteiger partial charge in [-0.2, -0.15) is 0 Å². The fourth-order valence-electron chi connectivity index (χ4n) is 3.52. The van der Waals surface area contributed by atoms with Crippen molar-refractivity contribution in [3.05, 3.63) is 0 Å². The third-order valence-corrected chi connectivity index (χ3v) is 4.58. The Bertz CT molecular complexity index is 303. The van der Waals surface area contributed by atoms with Crippen LogP contribution in [0.1, 0.15) is 32.1 Å². The lowest BCUT2D eigenvalue weighted by Crippen LogP contribution is -2.65. The zero-order valence-corrected chi connectivity index (χ0v) is 9.36. The molecule has 90 valence electrons. The van der Waals surface area contributed by atoms with E-state index in [0.717, 1.165) is 25.2 Å². The van der Waals surface area contributed by atoms with Gasteiger partial charge in [-0.3, -0.25) is 4.79 Å². The van der Waals surface area contributed by atoms with Gasteiger partial charge in [-0.15, -0.1) is 0 Å². The van der Waals surface area contributed by atoms with Crippen LogP contribution in [0.3, 0.4) is 0 Å². The Hall–Kier alpha value is -0.640. The summed E-state index contributed by atoms with van der Waals surface area (Å²) in [5.74, 6) is 0.312. The number of amides is 1. The number of piperidine rings is 2. The lowest BCUT2D eigenvalue weighted by atomic mass is 9.67. The van der Waals surface area contributed by atoms with Gasteiger partial charge >= 0.3 is 0 Å². The molecule has 5 atom stereocenters. The van der Waals surface area contributed by atoms with Gasteiger partial charge in [-0.1, -0.05) is 12.8 Å². The molecule has 0 radical (unpaired) electrons. The van der Waals surface area contributed by atoms with Crippen molar-refractivity contribution in [2.24, 2.45) is 23.5 Å². The molecular weight excluding hydrogens is 207 g/mol. The summed E-state index contributed by atoms with van der Waals surface area (Å²) in [6.45, 7) is 0. The zero-order valence-electron chi connectivity index (χ0n) is 9.36. The van der Waals surface area contributed by atoms with Gasteiger partial charge < -0.3 is 11.1 Å². The maximum Gasteiger partial charge on any atom is 0.234 e. The van der Waals surface area contributed by atoms with Gasteiger partial charge in [0, 0.05) is 17.9 Å². The predicted molar refractivity (Wildman–Crippen MR) is 58.4 cm³/mol. The minimum atomic E-state index is -0.821. The van der Waals surface area contributed by atoms with Crippen molar-refractivity contribution < 1.29 is 9.18 Å². The molecule has 2 saturated heterocycles. The largest absolute Gasteiger partial charge is 0.368 e. The summed E-state index contributed by atoms with van der Waals surface area (Å²) in [5.41, 5.74) is 5.31. The summed E-state index contributed by atoms with van der Waals surface area (Å²) in [4.78, 5) is 11.2. The number of carbonyl (C=O) groups excluding carboxylic acids is 1. The lowest BCUT2D eigenvalue weighted by Gasteiger charge is -2.49. The molecule has 0 unspecified atom stereocenters. The highest BCUT2D eigenvalue weighted by atomic mass is 19.1. The van der Waals surface area contributed by atoms with Gasteiger partial charge in [0.25, 0.3) is 0 Å². The predicted octanol–water partition coefficient (Wildman–Crippen LogP) is 0.976. The van der Waals surface area contributed by atoms with Crippen LogP contribution >= 0.6 is 0 Å². The van der Waals surface area contributed by atoms with Crippen molar-refractivity contribution in [2.75, 3.05) is 0 Å². The number of hydrogen-bond acceptors (Lipinski definition) is 2. The van der Waals surface area contributed by atoms with E-state index in [2.05, 4.69) is 5.32 Å². The maximum atomic E-state index is 14.3. The van der Waals surface area contributed by atoms with Crippen LogP contribution < -0.4 is 11.1 Å². The van der Waals surface area contributed by atoms with Gasteiger partial charge in [0.15, 0.2) is 0 Å². The first-order chi connectivity index (χ1) is 7.66. The Balaban J connectivity index is 1.73. The first kappa shape index (κ1) is 10.5. The second-order valence-corrected chi connectivity index (χ2v) is 5.68. The minimum Gasteiger partial charge on any atom is -0.368 e. The minimum absolute atomic E-state index is 0.127. The fraction of sp³-hybridized carbons (Fsp3) is 0.917. The molecule has 2 bridgehead atoms. The molecule has 2 saturated carbocycles. The van der Waals surface area contributed by atoms with Crippen molar-refractivity contribution in [1.82, 2.24) is 5.32 Å². The molecule has 4 fully saturated rings. The first-order valence-electron chi connectivity index (χ1n) is 6.36. The number of nitrogens with one attached hydrogen (secondary N) is 1. The van der Waals surface area contributed by atoms with E-state index in [1.54, 1.807) is 0 Å². The molecule has 3 nitrogen and oxygen atoms in total. The van der Waals surface area contributed by atoms with Gasteiger partial charge in [-0.25, -0.2) is 4.39 Å². The van der Waals surface area contributed by atoms with Crippen LogP contribution in [0.2, 0.25) is 0 Å². The summed E-state index contributed by atoms with van der Waals surface area (Å²) >= 11 is 0. The molecule has 4 rings (SSSR count). The van der Waals surface area contributed by atoms with E-state index in [-0.39, 0.29) is 23.8 Å². The maximum absolute atomic E-state index is 14.3. The molecule has 4 heteroatoms. The lowest BCUT2D eigenvalue weighted by molar-refractivity contribution is -0.127. The second kappa shape index (κ2) is 3.69. The molecule has 2 aliphatic carbocycles. The van der Waals surface area contributed by atoms with Crippen LogP contribution in [0.25, 0.3) is 0 Å². The third-order valence-electron chi connectivity index (χ3n) is 4.58. The average Bonchev–Trinajstić information content (AvgIpc) is 3.06. The van der Waals surface area contributed by atoms with E-state index in [0.29, 0.717) is 0 Å². The van der Waals surface area contributed by atoms with E-state index in [1.807, 2.05) is 0 Å². The molecule has 0 aromatic carbocycles. The molecular formula is C12H19FN2O. The Morgan fingerprint density at radius 2 is 2.06 bits per heavy atom. The van der Waals surface area contributed by atoms with Gasteiger partial charge in [0.05, 0.1) is 6.04 Å². The molecule has 16 heavy (non-hydrogen) atoms. The van der Waals surface area contributed by atoms with Crippen molar-refractivity contribution in [3.8, 4) is 0 Å². The molecule has 1 amide bonds. The molecule has 2 aliphatic heterocycles. The highest BCUT2D eigenvalue weighted by molar-refractivity contribution is 5.80. The van der Waals surface area contributed by atoms with Crippen molar-refractivity contribution >= 4 is 5.91 Å². The summed E-state index contributed by atoms with van der Waals surface area (Å²) in [5, 5.41) is 3.25. The van der Waals surface area contributed by atoms with Crippen LogP contribution in [0.15, 0.2) is 0 Å². The fourth-order valence-corrected chi connectivity index (χ4v) is 3.52. The summed E-state index contributed by atoms with van der Waals surface area (Å²) in [6.07, 6.45) is 4.53. The average molecular weight is 226 g/mol. The molecule has 0 aromatic rings. The topological polar surface area (TPSA) is 55.1 Å². The summed E-state index contributed by atoms with van der Waals surface area (Å²) < 4.78 is 14.3. The smallest absolute Gasteiger partial charge is 0.234 e. The Kier molecular flexibility index (Phi) is 2.42. The zero-order chi connectivity index (χ0) is 11.3. The standard InChI is InChI=1S/C12H19FN2O/c13-10-7-3-4-9(15-11(7)12(14)16)8(10)5-6-1-2-6/h6-11,15H,1-5H2,(H2,14,16)/t7-,8+,9+,10-,11+/m1/s1. The van der Waals surface area contributed by atoms with Crippen molar-refractivity contribution in [3.63, 3.8) is 0 Å². The highest BCUT2D eigenvalue weighted by Gasteiger charge is 2.51. The van der Waals surface area contributed by atoms with Crippen LogP contribution in [0.4, 0.5) is 4.39 Å². The van der Waals surface area contributed by atoms with Crippen LogP contribution in [0.5, 0.6) is 0 Å². The number of carbonyl (C=O) groups is 1. The number of primary amides is 1. The number of nitrogens with two attached hydrogens (primary N) is 1. The quantitative estimate of drug-likeness (QED) is 0.753. The SMILES string of the molecule is NC(=O)[C@H]1N[C@H]2CC[C@@H]1[C@@H](F)[C@H]2CC1CC1. The van der Waals surface area contributed by atoms with Gasteiger partial charge in [-0.05, 0) is 25.2 Å². The van der Waals surface area contributed by atoms with Crippen molar-refractivity contribution in [2.45, 2.75) is 50.4 Å². The Labute approximate surface area is 95.0 Å². The number of halogens is 1. The monoisotopic (exact) mass is 226 g/mol. The van der Waals surface area contributed by atoms with E-state index >= 15 is 0 Å². The molecule has 4 aliphatic rings.